The fraction of sp³-hybridized carbons (Fsp3) is 0.250. The highest BCUT2D eigenvalue weighted by molar-refractivity contribution is 6.18. The average Bonchev–Trinajstić information content (AvgIpc) is 3.00. The van der Waals surface area contributed by atoms with Gasteiger partial charge in [0.1, 0.15) is 0 Å². The molecule has 1 amide bonds. The van der Waals surface area contributed by atoms with Crippen LogP contribution in [0.4, 0.5) is 0 Å². The zero-order valence-corrected chi connectivity index (χ0v) is 16.5. The summed E-state index contributed by atoms with van der Waals surface area (Å²) in [6.45, 7) is 2.60. The molecule has 1 aliphatic heterocycles. The number of aromatic amines is 1. The first-order chi connectivity index (χ1) is 14.2. The minimum atomic E-state index is -0.414. The molecule has 0 saturated carbocycles. The maximum Gasteiger partial charge on any atom is 0.341 e. The third-order valence-corrected chi connectivity index (χ3v) is 5.26. The number of H-pyrrole nitrogens is 1. The first kappa shape index (κ1) is 19.0. The lowest BCUT2D eigenvalue weighted by molar-refractivity contribution is -0.136. The number of nitrogens with zero attached hydrogens (tertiary/aromatic N) is 1. The minimum absolute atomic E-state index is 0.00473. The number of rotatable bonds is 5. The number of hydrogen-bond acceptors (Lipinski definition) is 3. The minimum Gasteiger partial charge on any atom is -0.462 e. The van der Waals surface area contributed by atoms with Crippen LogP contribution in [0.5, 0.6) is 0 Å². The van der Waals surface area contributed by atoms with Crippen molar-refractivity contribution in [3.8, 4) is 0 Å². The molecule has 0 radical (unpaired) electrons. The van der Waals surface area contributed by atoms with Crippen LogP contribution in [0.2, 0.25) is 0 Å². The Hall–Kier alpha value is -3.34. The van der Waals surface area contributed by atoms with Crippen molar-refractivity contribution in [1.29, 1.82) is 0 Å². The summed E-state index contributed by atoms with van der Waals surface area (Å²) in [5.74, 6) is -0.409. The van der Waals surface area contributed by atoms with Gasteiger partial charge in [-0.2, -0.15) is 0 Å². The van der Waals surface area contributed by atoms with Gasteiger partial charge in [-0.3, -0.25) is 4.79 Å². The van der Waals surface area contributed by atoms with Crippen LogP contribution in [-0.2, 0) is 27.2 Å². The fourth-order valence-electron chi connectivity index (χ4n) is 3.81. The van der Waals surface area contributed by atoms with E-state index in [-0.39, 0.29) is 12.5 Å². The molecule has 2 aromatic carbocycles. The molecule has 1 aliphatic rings. The molecule has 0 bridgehead atoms. The van der Waals surface area contributed by atoms with Gasteiger partial charge < -0.3 is 14.6 Å². The lowest BCUT2D eigenvalue weighted by Crippen LogP contribution is -2.28. The van der Waals surface area contributed by atoms with Crippen LogP contribution in [-0.4, -0.2) is 34.9 Å². The molecule has 29 heavy (non-hydrogen) atoms. The lowest BCUT2D eigenvalue weighted by atomic mass is 10.0. The lowest BCUT2D eigenvalue weighted by Gasteiger charge is -2.18. The highest BCUT2D eigenvalue weighted by atomic mass is 16.5. The summed E-state index contributed by atoms with van der Waals surface area (Å²) in [5.41, 5.74) is 4.32. The predicted octanol–water partition coefficient (Wildman–Crippen LogP) is 4.09. The van der Waals surface area contributed by atoms with E-state index in [2.05, 4.69) is 4.98 Å². The van der Waals surface area contributed by atoms with Gasteiger partial charge in [0.15, 0.2) is 0 Å². The van der Waals surface area contributed by atoms with E-state index in [9.17, 15) is 9.59 Å². The molecule has 0 aliphatic carbocycles. The zero-order chi connectivity index (χ0) is 20.2. The van der Waals surface area contributed by atoms with Gasteiger partial charge >= 0.3 is 5.97 Å². The third-order valence-electron chi connectivity index (χ3n) is 5.26. The van der Waals surface area contributed by atoms with Gasteiger partial charge in [-0.1, -0.05) is 48.5 Å². The van der Waals surface area contributed by atoms with Gasteiger partial charge in [0, 0.05) is 30.1 Å². The number of para-hydroxylation sites is 1. The van der Waals surface area contributed by atoms with E-state index >= 15 is 0 Å². The van der Waals surface area contributed by atoms with Gasteiger partial charge in [-0.05, 0) is 37.0 Å². The molecule has 0 spiro atoms. The Morgan fingerprint density at radius 2 is 1.83 bits per heavy atom. The van der Waals surface area contributed by atoms with Crippen molar-refractivity contribution in [3.05, 3.63) is 77.6 Å². The third kappa shape index (κ3) is 3.94. The van der Waals surface area contributed by atoms with E-state index in [1.54, 1.807) is 18.0 Å². The van der Waals surface area contributed by atoms with E-state index in [4.69, 9.17) is 4.74 Å². The van der Waals surface area contributed by atoms with E-state index in [1.165, 1.54) is 0 Å². The Morgan fingerprint density at radius 1 is 1.07 bits per heavy atom. The standard InChI is InChI=1S/C24H24N2O3/c1-2-29-24(28)20-16-26(22(27)13-12-17-8-4-3-5-9-17)15-14-19-18-10-6-7-11-21(18)25-23(19)20/h3-11,16,25H,2,12-15H2,1H3. The largest absolute Gasteiger partial charge is 0.462 e. The number of nitrogens with one attached hydrogen (secondary N) is 1. The highest BCUT2D eigenvalue weighted by Crippen LogP contribution is 2.31. The number of carbonyl (C=O) groups excluding carboxylic acids is 2. The summed E-state index contributed by atoms with van der Waals surface area (Å²) in [5, 5.41) is 1.08. The Bertz CT molecular complexity index is 1070. The predicted molar refractivity (Wildman–Crippen MR) is 113 cm³/mol. The van der Waals surface area contributed by atoms with Crippen LogP contribution >= 0.6 is 0 Å². The summed E-state index contributed by atoms with van der Waals surface area (Å²) < 4.78 is 5.28. The number of hydrogen-bond donors (Lipinski definition) is 1. The van der Waals surface area contributed by atoms with Crippen molar-refractivity contribution in [3.63, 3.8) is 0 Å². The van der Waals surface area contributed by atoms with Crippen LogP contribution in [0.3, 0.4) is 0 Å². The van der Waals surface area contributed by atoms with E-state index < -0.39 is 5.97 Å². The fourth-order valence-corrected chi connectivity index (χ4v) is 3.81. The van der Waals surface area contributed by atoms with Gasteiger partial charge in [0.2, 0.25) is 5.91 Å². The van der Waals surface area contributed by atoms with E-state index in [0.29, 0.717) is 31.4 Å². The summed E-state index contributed by atoms with van der Waals surface area (Å²) in [6, 6.07) is 17.9. The topological polar surface area (TPSA) is 62.4 Å². The molecule has 1 aromatic heterocycles. The molecule has 0 fully saturated rings. The summed E-state index contributed by atoms with van der Waals surface area (Å²) >= 11 is 0. The molecule has 4 rings (SSSR count). The zero-order valence-electron chi connectivity index (χ0n) is 16.5. The van der Waals surface area contributed by atoms with Gasteiger partial charge in [-0.25, -0.2) is 4.79 Å². The quantitative estimate of drug-likeness (QED) is 0.670. The molecule has 148 valence electrons. The van der Waals surface area contributed by atoms with Gasteiger partial charge in [0.25, 0.3) is 0 Å². The molecule has 5 heteroatoms. The molecule has 0 saturated heterocycles. The molecule has 0 unspecified atom stereocenters. The van der Waals surface area contributed by atoms with Crippen molar-refractivity contribution < 1.29 is 14.3 Å². The first-order valence-corrected chi connectivity index (χ1v) is 9.99. The number of fused-ring (bicyclic) bond motifs is 3. The molecule has 3 aromatic rings. The van der Waals surface area contributed by atoms with Crippen LogP contribution in [0.15, 0.2) is 60.8 Å². The maximum absolute atomic E-state index is 12.9. The van der Waals surface area contributed by atoms with Crippen molar-refractivity contribution in [2.24, 2.45) is 0 Å². The number of amides is 1. The van der Waals surface area contributed by atoms with Crippen LogP contribution in [0.25, 0.3) is 16.5 Å². The highest BCUT2D eigenvalue weighted by Gasteiger charge is 2.27. The Morgan fingerprint density at radius 3 is 2.62 bits per heavy atom. The van der Waals surface area contributed by atoms with Crippen LogP contribution < -0.4 is 0 Å². The molecular formula is C24H24N2O3. The Kier molecular flexibility index (Phi) is 5.47. The summed E-state index contributed by atoms with van der Waals surface area (Å²) in [4.78, 5) is 30.6. The van der Waals surface area contributed by atoms with Crippen molar-refractivity contribution in [1.82, 2.24) is 9.88 Å². The number of esters is 1. The normalized spacial score (nSPS) is 13.6. The Balaban J connectivity index is 1.63. The second-order valence-electron chi connectivity index (χ2n) is 7.11. The van der Waals surface area contributed by atoms with Crippen LogP contribution in [0.1, 0.15) is 30.2 Å². The number of aromatic nitrogens is 1. The monoisotopic (exact) mass is 388 g/mol. The molecular weight excluding hydrogens is 364 g/mol. The van der Waals surface area contributed by atoms with Crippen molar-refractivity contribution in [2.75, 3.05) is 13.2 Å². The van der Waals surface area contributed by atoms with Gasteiger partial charge in [-0.15, -0.1) is 0 Å². The van der Waals surface area contributed by atoms with E-state index in [1.807, 2.05) is 54.6 Å². The second-order valence-corrected chi connectivity index (χ2v) is 7.11. The summed E-state index contributed by atoms with van der Waals surface area (Å²) in [7, 11) is 0. The summed E-state index contributed by atoms with van der Waals surface area (Å²) in [6.07, 6.45) is 3.40. The van der Waals surface area contributed by atoms with Crippen molar-refractivity contribution >= 4 is 28.4 Å². The number of aryl methyl sites for hydroxylation is 1. The molecule has 1 N–H and O–H groups in total. The molecule has 5 nitrogen and oxygen atoms in total. The molecule has 0 atom stereocenters. The SMILES string of the molecule is CCOC(=O)C1=CN(C(=O)CCc2ccccc2)CCc2c1[nH]c1ccccc21. The smallest absolute Gasteiger partial charge is 0.341 e. The number of benzene rings is 2. The second kappa shape index (κ2) is 8.35. The Labute approximate surface area is 170 Å². The molecule has 2 heterocycles. The average molecular weight is 388 g/mol. The van der Waals surface area contributed by atoms with Crippen LogP contribution in [0, 0.1) is 0 Å². The number of carbonyl (C=O) groups is 2. The van der Waals surface area contributed by atoms with E-state index in [0.717, 1.165) is 27.7 Å². The number of ether oxygens (including phenoxy) is 1. The first-order valence-electron chi connectivity index (χ1n) is 9.99. The van der Waals surface area contributed by atoms with Crippen molar-refractivity contribution in [2.45, 2.75) is 26.2 Å². The van der Waals surface area contributed by atoms with Gasteiger partial charge in [0.05, 0.1) is 17.9 Å². The maximum atomic E-state index is 12.9.